The number of aryl methyl sites for hydroxylation is 2. The van der Waals surface area contributed by atoms with Crippen LogP contribution in [0.1, 0.15) is 68.9 Å². The maximum absolute atomic E-state index is 11.4. The summed E-state index contributed by atoms with van der Waals surface area (Å²) >= 11 is 0. The highest BCUT2D eigenvalue weighted by Crippen LogP contribution is 2.32. The molecule has 0 bridgehead atoms. The fourth-order valence-electron chi connectivity index (χ4n) is 4.83. The molecule has 2 aliphatic rings. The Morgan fingerprint density at radius 2 is 2.15 bits per heavy atom. The molecule has 2 aromatic carbocycles. The van der Waals surface area contributed by atoms with Gasteiger partial charge >= 0.3 is 0 Å². The van der Waals surface area contributed by atoms with Crippen LogP contribution in [0.4, 0.5) is 11.4 Å². The first kappa shape index (κ1) is 23.8. The van der Waals surface area contributed by atoms with E-state index in [4.69, 9.17) is 4.99 Å². The van der Waals surface area contributed by atoms with Crippen LogP contribution in [0.15, 0.2) is 65.5 Å². The molecule has 1 N–H and O–H groups in total. The molecule has 2 aliphatic heterocycles. The Morgan fingerprint density at radius 3 is 2.97 bits per heavy atom. The maximum Gasteiger partial charge on any atom is 0.150 e. The molecule has 0 spiro atoms. The Labute approximate surface area is 206 Å². The van der Waals surface area contributed by atoms with Gasteiger partial charge in [-0.25, -0.2) is 4.99 Å². The first-order valence-corrected chi connectivity index (χ1v) is 12.3. The van der Waals surface area contributed by atoms with Crippen LogP contribution in [0, 0.1) is 18.9 Å². The molecule has 2 aromatic rings. The summed E-state index contributed by atoms with van der Waals surface area (Å²) < 4.78 is 0. The Bertz CT molecular complexity index is 1160. The van der Waals surface area contributed by atoms with Crippen LogP contribution in [0.5, 0.6) is 0 Å². The van der Waals surface area contributed by atoms with Gasteiger partial charge in [-0.15, -0.1) is 5.73 Å². The minimum atomic E-state index is 0. The molecule has 0 amide bonds. The second-order valence-corrected chi connectivity index (χ2v) is 9.30. The lowest BCUT2D eigenvalue weighted by Crippen LogP contribution is -2.25. The Kier molecular flexibility index (Phi) is 7.82. The molecule has 34 heavy (non-hydrogen) atoms. The number of hydrogen-bond acceptors (Lipinski definition) is 4. The number of carbonyl (C=O) groups is 1. The Balaban J connectivity index is 0.00000228. The average Bonchev–Trinajstić information content (AvgIpc) is 3.21. The van der Waals surface area contributed by atoms with Crippen LogP contribution < -0.4 is 10.2 Å². The topological polar surface area (TPSA) is 44.7 Å². The number of aldehydes is 1. The molecular weight excluding hydrogens is 418 g/mol. The van der Waals surface area contributed by atoms with Gasteiger partial charge in [0, 0.05) is 57.5 Å². The van der Waals surface area contributed by atoms with Crippen molar-refractivity contribution in [3.05, 3.63) is 88.8 Å². The summed E-state index contributed by atoms with van der Waals surface area (Å²) in [5.41, 5.74) is 9.82. The second kappa shape index (κ2) is 11.2. The number of carbonyl (C=O) groups excluding carboxylic acids is 1. The smallest absolute Gasteiger partial charge is 0.150 e. The molecule has 0 fully saturated rings. The lowest BCUT2D eigenvalue weighted by Gasteiger charge is -2.26. The van der Waals surface area contributed by atoms with E-state index < -0.39 is 0 Å². The van der Waals surface area contributed by atoms with Crippen molar-refractivity contribution in [3.8, 4) is 0 Å². The molecule has 4 heteroatoms. The summed E-state index contributed by atoms with van der Waals surface area (Å²) in [7, 11) is 0. The molecule has 179 valence electrons. The summed E-state index contributed by atoms with van der Waals surface area (Å²) in [6.07, 6.45) is 14.2. The molecular formula is C30H38N3O. The third-order valence-corrected chi connectivity index (χ3v) is 6.72. The van der Waals surface area contributed by atoms with Crippen molar-refractivity contribution in [2.45, 2.75) is 52.4 Å². The van der Waals surface area contributed by atoms with Crippen LogP contribution in [-0.4, -0.2) is 25.2 Å². The summed E-state index contributed by atoms with van der Waals surface area (Å²) in [6.45, 7) is 8.29. The zero-order valence-corrected chi connectivity index (χ0v) is 20.5. The van der Waals surface area contributed by atoms with Gasteiger partial charge in [-0.05, 0) is 72.7 Å². The summed E-state index contributed by atoms with van der Waals surface area (Å²) in [6, 6.07) is 12.9. The largest absolute Gasteiger partial charge is 0.367 e. The Hall–Kier alpha value is -3.36. The minimum absolute atomic E-state index is 0. The number of nitrogens with one attached hydrogen (secondary N) is 1. The van der Waals surface area contributed by atoms with Crippen molar-refractivity contribution in [2.24, 2.45) is 10.9 Å². The zero-order valence-electron chi connectivity index (χ0n) is 20.5. The van der Waals surface area contributed by atoms with E-state index in [1.54, 1.807) is 0 Å². The van der Waals surface area contributed by atoms with Crippen molar-refractivity contribution in [3.63, 3.8) is 0 Å². The molecule has 2 unspecified atom stereocenters. The Morgan fingerprint density at radius 1 is 1.26 bits per heavy atom. The van der Waals surface area contributed by atoms with E-state index in [-0.39, 0.29) is 8.77 Å². The third kappa shape index (κ3) is 5.58. The second-order valence-electron chi connectivity index (χ2n) is 9.30. The number of nitrogens with zero attached hydrogens (tertiary/aromatic N) is 2. The van der Waals surface area contributed by atoms with Crippen molar-refractivity contribution in [1.29, 1.82) is 0 Å². The van der Waals surface area contributed by atoms with Crippen molar-refractivity contribution < 1.29 is 7.65 Å². The standard InChI is InChI=1S/C30H34N3O.2H2/c1-4-9-25-20-27(12-13-29(25)33-16-7-5-6-8-17-33)32-30-18-23(3)28(14-15-31-30)24-11-10-22(2)26(19-24)21-34;;/h7,10-15,19-21,23,28H,4,8-9,16-18H2,1-3H3,(H,31,32);2*1H. The van der Waals surface area contributed by atoms with Crippen molar-refractivity contribution >= 4 is 23.5 Å². The number of rotatable bonds is 6. The molecule has 0 aromatic heterocycles. The quantitative estimate of drug-likeness (QED) is 0.372. The monoisotopic (exact) mass is 456 g/mol. The molecule has 2 heterocycles. The van der Waals surface area contributed by atoms with Gasteiger partial charge in [-0.2, -0.15) is 0 Å². The highest BCUT2D eigenvalue weighted by molar-refractivity contribution is 5.96. The normalized spacial score (nSPS) is 20.0. The fraction of sp³-hybridized carbons (Fsp3) is 0.367. The van der Waals surface area contributed by atoms with Crippen LogP contribution in [0.25, 0.3) is 0 Å². The molecule has 4 rings (SSSR count). The predicted molar refractivity (Wildman–Crippen MR) is 146 cm³/mol. The van der Waals surface area contributed by atoms with Crippen molar-refractivity contribution in [2.75, 3.05) is 23.3 Å². The van der Waals surface area contributed by atoms with Gasteiger partial charge in [0.25, 0.3) is 0 Å². The number of anilines is 2. The maximum atomic E-state index is 11.4. The van der Waals surface area contributed by atoms with E-state index in [9.17, 15) is 4.79 Å². The highest BCUT2D eigenvalue weighted by atomic mass is 16.1. The first-order valence-electron chi connectivity index (χ1n) is 12.3. The molecule has 0 saturated heterocycles. The summed E-state index contributed by atoms with van der Waals surface area (Å²) in [5, 5.41) is 3.59. The number of hydrogen-bond donors (Lipinski definition) is 1. The van der Waals surface area contributed by atoms with Crippen LogP contribution in [0.3, 0.4) is 0 Å². The lowest BCUT2D eigenvalue weighted by molar-refractivity contribution is 0.112. The fourth-order valence-corrected chi connectivity index (χ4v) is 4.83. The van der Waals surface area contributed by atoms with Gasteiger partial charge in [-0.1, -0.05) is 38.5 Å². The highest BCUT2D eigenvalue weighted by Gasteiger charge is 2.22. The molecule has 1 radical (unpaired) electrons. The van der Waals surface area contributed by atoms with Gasteiger partial charge < -0.3 is 10.2 Å². The van der Waals surface area contributed by atoms with E-state index in [0.29, 0.717) is 5.92 Å². The van der Waals surface area contributed by atoms with E-state index in [1.807, 2.05) is 25.3 Å². The lowest BCUT2D eigenvalue weighted by atomic mass is 9.84. The zero-order chi connectivity index (χ0) is 23.9. The number of allylic oxidation sites excluding steroid dienone is 1. The average molecular weight is 457 g/mol. The predicted octanol–water partition coefficient (Wildman–Crippen LogP) is 7.12. The third-order valence-electron chi connectivity index (χ3n) is 6.72. The van der Waals surface area contributed by atoms with E-state index >= 15 is 0 Å². The summed E-state index contributed by atoms with van der Waals surface area (Å²) in [4.78, 5) is 18.6. The van der Waals surface area contributed by atoms with Crippen LogP contribution >= 0.6 is 0 Å². The van der Waals surface area contributed by atoms with Gasteiger partial charge in [-0.3, -0.25) is 4.79 Å². The van der Waals surface area contributed by atoms with Gasteiger partial charge in [0.2, 0.25) is 0 Å². The molecule has 2 atom stereocenters. The van der Waals surface area contributed by atoms with Gasteiger partial charge in [0.15, 0.2) is 0 Å². The van der Waals surface area contributed by atoms with Crippen LogP contribution in [0.2, 0.25) is 0 Å². The summed E-state index contributed by atoms with van der Waals surface area (Å²) in [5.74, 6) is 1.55. The first-order chi connectivity index (χ1) is 16.6. The number of aliphatic imine (C=N–C) groups is 1. The van der Waals surface area contributed by atoms with Crippen molar-refractivity contribution in [1.82, 2.24) is 0 Å². The number of benzene rings is 2. The van der Waals surface area contributed by atoms with Crippen LogP contribution in [-0.2, 0) is 6.42 Å². The molecule has 0 saturated carbocycles. The SMILES string of the molecule is CCCc1cc(NC2=NC=CC(c3ccc(C)c(C=O)c3)C(C)C2)ccc1N1CC=C=[C]CC1.[HH].[HH]. The van der Waals surface area contributed by atoms with Gasteiger partial charge in [0.1, 0.15) is 12.1 Å². The molecule has 0 aliphatic carbocycles. The van der Waals surface area contributed by atoms with E-state index in [1.165, 1.54) is 16.8 Å². The van der Waals surface area contributed by atoms with Gasteiger partial charge in [0.05, 0.1) is 0 Å². The van der Waals surface area contributed by atoms with E-state index in [2.05, 4.69) is 72.3 Å². The van der Waals surface area contributed by atoms with E-state index in [0.717, 1.165) is 67.7 Å². The number of amidine groups is 1. The molecule has 4 nitrogen and oxygen atoms in total. The minimum Gasteiger partial charge on any atom is -0.367 e.